The van der Waals surface area contributed by atoms with Gasteiger partial charge in [0.15, 0.2) is 0 Å². The van der Waals surface area contributed by atoms with Crippen molar-refractivity contribution in [3.63, 3.8) is 0 Å². The molecule has 0 aromatic heterocycles. The number of carboxylic acids is 1. The average molecular weight is 308 g/mol. The average Bonchev–Trinajstić information content (AvgIpc) is 2.38. The fourth-order valence-electron chi connectivity index (χ4n) is 1.33. The SMILES string of the molecule is C1COCC[NH2+]1.O=C([O-])COc1cc(Cl)cc(Cl)c1. The maximum Gasteiger partial charge on any atom is 0.128 e. The highest BCUT2D eigenvalue weighted by molar-refractivity contribution is 6.34. The van der Waals surface area contributed by atoms with Gasteiger partial charge in [0, 0.05) is 10.0 Å². The van der Waals surface area contributed by atoms with Gasteiger partial charge in [-0.2, -0.15) is 0 Å². The van der Waals surface area contributed by atoms with E-state index >= 15 is 0 Å². The second-order valence-corrected chi connectivity index (χ2v) is 4.62. The molecule has 2 N–H and O–H groups in total. The first-order valence-corrected chi connectivity index (χ1v) is 6.51. The number of nitrogens with two attached hydrogens (primary N) is 1. The number of hydrogen-bond acceptors (Lipinski definition) is 4. The third kappa shape index (κ3) is 7.89. The third-order valence-electron chi connectivity index (χ3n) is 2.13. The normalized spacial score (nSPS) is 14.2. The Morgan fingerprint density at radius 3 is 2.21 bits per heavy atom. The van der Waals surface area contributed by atoms with Gasteiger partial charge >= 0.3 is 0 Å². The second kappa shape index (κ2) is 8.98. The molecular weight excluding hydrogens is 293 g/mol. The van der Waals surface area contributed by atoms with Crippen LogP contribution >= 0.6 is 23.2 Å². The molecule has 19 heavy (non-hydrogen) atoms. The lowest BCUT2D eigenvalue weighted by Gasteiger charge is -2.07. The van der Waals surface area contributed by atoms with Crippen molar-refractivity contribution in [2.24, 2.45) is 0 Å². The molecule has 1 aromatic carbocycles. The molecule has 106 valence electrons. The van der Waals surface area contributed by atoms with E-state index in [1.165, 1.54) is 18.2 Å². The molecule has 0 radical (unpaired) electrons. The van der Waals surface area contributed by atoms with Crippen LogP contribution in [0.1, 0.15) is 0 Å². The van der Waals surface area contributed by atoms with Crippen LogP contribution in [0.15, 0.2) is 18.2 Å². The van der Waals surface area contributed by atoms with Crippen LogP contribution < -0.4 is 15.2 Å². The van der Waals surface area contributed by atoms with Crippen molar-refractivity contribution in [2.45, 2.75) is 0 Å². The number of carboxylic acid groups (broad SMARTS) is 1. The van der Waals surface area contributed by atoms with Gasteiger partial charge in [0.25, 0.3) is 0 Å². The number of aliphatic carboxylic acids is 1. The molecule has 2 rings (SSSR count). The van der Waals surface area contributed by atoms with E-state index in [2.05, 4.69) is 5.32 Å². The molecular formula is C12H15Cl2NO4. The number of benzene rings is 1. The van der Waals surface area contributed by atoms with Crippen LogP contribution in [-0.4, -0.2) is 38.9 Å². The fourth-order valence-corrected chi connectivity index (χ4v) is 1.84. The summed E-state index contributed by atoms with van der Waals surface area (Å²) in [5.41, 5.74) is 0. The number of rotatable bonds is 3. The number of carbonyl (C=O) groups excluding carboxylic acids is 1. The number of morpholine rings is 1. The monoisotopic (exact) mass is 307 g/mol. The molecule has 0 bridgehead atoms. The van der Waals surface area contributed by atoms with Crippen molar-refractivity contribution in [1.82, 2.24) is 0 Å². The lowest BCUT2D eigenvalue weighted by atomic mass is 10.3. The fraction of sp³-hybridized carbons (Fsp3) is 0.417. The Morgan fingerprint density at radius 2 is 1.84 bits per heavy atom. The first-order chi connectivity index (χ1) is 9.08. The lowest BCUT2D eigenvalue weighted by molar-refractivity contribution is -0.670. The Kier molecular flexibility index (Phi) is 7.59. The number of carbonyl (C=O) groups is 1. The van der Waals surface area contributed by atoms with Crippen molar-refractivity contribution in [2.75, 3.05) is 32.9 Å². The molecule has 5 nitrogen and oxygen atoms in total. The van der Waals surface area contributed by atoms with Crippen molar-refractivity contribution in [3.05, 3.63) is 28.2 Å². The van der Waals surface area contributed by atoms with Crippen LogP contribution in [0.3, 0.4) is 0 Å². The van der Waals surface area contributed by atoms with E-state index in [0.717, 1.165) is 26.3 Å². The minimum Gasteiger partial charge on any atom is -0.546 e. The van der Waals surface area contributed by atoms with Crippen LogP contribution in [0.2, 0.25) is 10.0 Å². The largest absolute Gasteiger partial charge is 0.546 e. The molecule has 1 aromatic rings. The van der Waals surface area contributed by atoms with E-state index in [1.54, 1.807) is 0 Å². The zero-order chi connectivity index (χ0) is 14.1. The molecule has 0 amide bonds. The summed E-state index contributed by atoms with van der Waals surface area (Å²) >= 11 is 11.3. The number of halogens is 2. The van der Waals surface area contributed by atoms with Gasteiger partial charge in [0.05, 0.1) is 32.3 Å². The van der Waals surface area contributed by atoms with Gasteiger partial charge in [0.1, 0.15) is 12.4 Å². The van der Waals surface area contributed by atoms with E-state index in [4.69, 9.17) is 32.7 Å². The quantitative estimate of drug-likeness (QED) is 0.832. The molecule has 1 saturated heterocycles. The predicted octanol–water partition coefficient (Wildman–Crippen LogP) is -0.298. The Morgan fingerprint density at radius 1 is 1.26 bits per heavy atom. The topological polar surface area (TPSA) is 75.2 Å². The van der Waals surface area contributed by atoms with E-state index < -0.39 is 12.6 Å². The molecule has 1 fully saturated rings. The molecule has 0 spiro atoms. The van der Waals surface area contributed by atoms with Crippen molar-refractivity contribution < 1.29 is 24.7 Å². The smallest absolute Gasteiger partial charge is 0.128 e. The van der Waals surface area contributed by atoms with E-state index in [-0.39, 0.29) is 0 Å². The van der Waals surface area contributed by atoms with E-state index in [1.807, 2.05) is 0 Å². The molecule has 1 heterocycles. The highest BCUT2D eigenvalue weighted by Crippen LogP contribution is 2.23. The Balaban J connectivity index is 0.000000250. The zero-order valence-electron chi connectivity index (χ0n) is 10.2. The van der Waals surface area contributed by atoms with E-state index in [9.17, 15) is 9.90 Å². The standard InChI is InChI=1S/C8H6Cl2O3.C4H9NO/c9-5-1-6(10)3-7(2-5)13-4-8(11)12;1-3-6-4-2-5-1/h1-3H,4H2,(H,11,12);5H,1-4H2. The first-order valence-electron chi connectivity index (χ1n) is 5.76. The van der Waals surface area contributed by atoms with Crippen LogP contribution in [0.4, 0.5) is 0 Å². The molecule has 0 unspecified atom stereocenters. The highest BCUT2D eigenvalue weighted by atomic mass is 35.5. The van der Waals surface area contributed by atoms with Crippen LogP contribution in [0.25, 0.3) is 0 Å². The number of quaternary nitrogens is 1. The number of ether oxygens (including phenoxy) is 2. The highest BCUT2D eigenvalue weighted by Gasteiger charge is 1.98. The van der Waals surface area contributed by atoms with Crippen molar-refractivity contribution in [3.8, 4) is 5.75 Å². The third-order valence-corrected chi connectivity index (χ3v) is 2.56. The summed E-state index contributed by atoms with van der Waals surface area (Å²) in [5, 5.41) is 13.1. The van der Waals surface area contributed by atoms with Gasteiger partial charge in [-0.3, -0.25) is 0 Å². The van der Waals surface area contributed by atoms with Crippen LogP contribution in [0, 0.1) is 0 Å². The summed E-state index contributed by atoms with van der Waals surface area (Å²) in [4.78, 5) is 10.0. The minimum absolute atomic E-state index is 0.307. The van der Waals surface area contributed by atoms with Crippen LogP contribution in [-0.2, 0) is 9.53 Å². The maximum atomic E-state index is 10.0. The summed E-state index contributed by atoms with van der Waals surface area (Å²) in [6, 6.07) is 4.46. The van der Waals surface area contributed by atoms with Gasteiger partial charge in [-0.05, 0) is 18.2 Å². The summed E-state index contributed by atoms with van der Waals surface area (Å²) in [6.45, 7) is 3.68. The maximum absolute atomic E-state index is 10.0. The second-order valence-electron chi connectivity index (χ2n) is 3.74. The predicted molar refractivity (Wildman–Crippen MR) is 69.4 cm³/mol. The summed E-state index contributed by atoms with van der Waals surface area (Å²) < 4.78 is 9.84. The molecule has 1 aliphatic heterocycles. The Hall–Kier alpha value is -1.01. The first kappa shape index (κ1) is 16.0. The van der Waals surface area contributed by atoms with E-state index in [0.29, 0.717) is 15.8 Å². The lowest BCUT2D eigenvalue weighted by Crippen LogP contribution is -2.87. The van der Waals surface area contributed by atoms with Crippen molar-refractivity contribution in [1.29, 1.82) is 0 Å². The Labute approximate surface area is 121 Å². The van der Waals surface area contributed by atoms with Gasteiger partial charge < -0.3 is 24.7 Å². The summed E-state index contributed by atoms with van der Waals surface area (Å²) in [7, 11) is 0. The summed E-state index contributed by atoms with van der Waals surface area (Å²) in [6.07, 6.45) is 0. The molecule has 0 atom stereocenters. The van der Waals surface area contributed by atoms with Crippen molar-refractivity contribution >= 4 is 29.2 Å². The van der Waals surface area contributed by atoms with Gasteiger partial charge in [-0.25, -0.2) is 0 Å². The minimum atomic E-state index is -1.30. The van der Waals surface area contributed by atoms with Gasteiger partial charge in [-0.1, -0.05) is 23.2 Å². The summed E-state index contributed by atoms with van der Waals surface area (Å²) in [5.74, 6) is -0.988. The molecule has 7 heteroatoms. The van der Waals surface area contributed by atoms with Gasteiger partial charge in [0.2, 0.25) is 0 Å². The zero-order valence-corrected chi connectivity index (χ0v) is 11.7. The molecule has 0 aliphatic carbocycles. The Bertz CT molecular complexity index is 379. The van der Waals surface area contributed by atoms with Crippen LogP contribution in [0.5, 0.6) is 5.75 Å². The number of hydrogen-bond donors (Lipinski definition) is 1. The molecule has 0 saturated carbocycles. The molecule has 1 aliphatic rings. The van der Waals surface area contributed by atoms with Gasteiger partial charge in [-0.15, -0.1) is 0 Å².